The van der Waals surface area contributed by atoms with Crippen molar-refractivity contribution < 1.29 is 14.1 Å². The summed E-state index contributed by atoms with van der Waals surface area (Å²) in [5.74, 6) is 0.717. The van der Waals surface area contributed by atoms with Crippen molar-refractivity contribution in [3.63, 3.8) is 0 Å². The Morgan fingerprint density at radius 2 is 2.05 bits per heavy atom. The minimum absolute atomic E-state index is 0.0170. The highest BCUT2D eigenvalue weighted by Gasteiger charge is 2.17. The summed E-state index contributed by atoms with van der Waals surface area (Å²) in [6.45, 7) is 3.41. The molecule has 104 valence electrons. The van der Waals surface area contributed by atoms with Crippen molar-refractivity contribution in [1.29, 1.82) is 0 Å². The number of nitrogens with zero attached hydrogens (tertiary/aromatic N) is 1. The molecule has 6 nitrogen and oxygen atoms in total. The highest BCUT2D eigenvalue weighted by molar-refractivity contribution is 6.32. The van der Waals surface area contributed by atoms with E-state index >= 15 is 0 Å². The third kappa shape index (κ3) is 2.80. The second-order valence-electron chi connectivity index (χ2n) is 4.20. The summed E-state index contributed by atoms with van der Waals surface area (Å²) in [5.41, 5.74) is 0.425. The molecule has 0 fully saturated rings. The van der Waals surface area contributed by atoms with Crippen LogP contribution in [0.3, 0.4) is 0 Å². The Balaban J connectivity index is 2.26. The normalized spacial score (nSPS) is 10.3. The number of nitrogens with one attached hydrogen (secondary N) is 1. The topological polar surface area (TPSA) is 85.4 Å². The molecular formula is C13H11ClN2O4. The van der Waals surface area contributed by atoms with Crippen molar-refractivity contribution in [3.05, 3.63) is 56.5 Å². The molecule has 1 heterocycles. The summed E-state index contributed by atoms with van der Waals surface area (Å²) in [6, 6.07) is 5.68. The maximum Gasteiger partial charge on any atom is 0.289 e. The van der Waals surface area contributed by atoms with Gasteiger partial charge in [0, 0.05) is 11.8 Å². The Labute approximate surface area is 119 Å². The molecule has 0 saturated carbocycles. The van der Waals surface area contributed by atoms with Gasteiger partial charge in [-0.15, -0.1) is 0 Å². The molecule has 1 amide bonds. The number of furan rings is 1. The maximum atomic E-state index is 12.0. The zero-order valence-electron chi connectivity index (χ0n) is 10.8. The highest BCUT2D eigenvalue weighted by Crippen LogP contribution is 2.27. The lowest BCUT2D eigenvalue weighted by molar-refractivity contribution is -0.384. The van der Waals surface area contributed by atoms with Gasteiger partial charge >= 0.3 is 0 Å². The molecule has 0 spiro atoms. The van der Waals surface area contributed by atoms with Crippen LogP contribution >= 0.6 is 11.6 Å². The Bertz CT molecular complexity index is 694. The lowest BCUT2D eigenvalue weighted by Crippen LogP contribution is -2.12. The van der Waals surface area contributed by atoms with E-state index in [1.807, 2.05) is 0 Å². The number of carbonyl (C=O) groups is 1. The number of carbonyl (C=O) groups excluding carboxylic acids is 1. The average Bonchev–Trinajstić information content (AvgIpc) is 2.70. The van der Waals surface area contributed by atoms with Crippen molar-refractivity contribution >= 4 is 28.9 Å². The van der Waals surface area contributed by atoms with Crippen LogP contribution in [-0.4, -0.2) is 10.8 Å². The average molecular weight is 295 g/mol. The van der Waals surface area contributed by atoms with Gasteiger partial charge in [0.2, 0.25) is 0 Å². The summed E-state index contributed by atoms with van der Waals surface area (Å²) in [7, 11) is 0. The van der Waals surface area contributed by atoms with Crippen molar-refractivity contribution in [2.24, 2.45) is 0 Å². The molecule has 20 heavy (non-hydrogen) atoms. The number of rotatable bonds is 3. The predicted molar refractivity (Wildman–Crippen MR) is 74.2 cm³/mol. The number of nitro groups is 1. The van der Waals surface area contributed by atoms with Gasteiger partial charge in [-0.05, 0) is 32.0 Å². The zero-order valence-corrected chi connectivity index (χ0v) is 11.5. The number of benzene rings is 1. The van der Waals surface area contributed by atoms with E-state index in [1.54, 1.807) is 19.9 Å². The molecule has 1 N–H and O–H groups in total. The summed E-state index contributed by atoms with van der Waals surface area (Å²) >= 11 is 5.70. The van der Waals surface area contributed by atoms with Crippen molar-refractivity contribution in [2.75, 3.05) is 5.32 Å². The molecule has 2 rings (SSSR count). The fourth-order valence-electron chi connectivity index (χ4n) is 1.79. The monoisotopic (exact) mass is 294 g/mol. The fourth-order valence-corrected chi connectivity index (χ4v) is 1.97. The first kappa shape index (κ1) is 14.1. The minimum atomic E-state index is -0.606. The van der Waals surface area contributed by atoms with Crippen molar-refractivity contribution in [2.45, 2.75) is 13.8 Å². The second-order valence-corrected chi connectivity index (χ2v) is 4.61. The first-order valence-corrected chi connectivity index (χ1v) is 6.08. The van der Waals surface area contributed by atoms with Gasteiger partial charge in [0.1, 0.15) is 16.5 Å². The number of aryl methyl sites for hydroxylation is 2. The van der Waals surface area contributed by atoms with E-state index in [4.69, 9.17) is 16.0 Å². The molecule has 1 aromatic heterocycles. The van der Waals surface area contributed by atoms with Crippen molar-refractivity contribution in [1.82, 2.24) is 0 Å². The van der Waals surface area contributed by atoms with Crippen LogP contribution in [0.4, 0.5) is 11.4 Å². The molecule has 0 aliphatic heterocycles. The molecule has 0 atom stereocenters. The standard InChI is InChI=1S/C13H11ClN2O4/c1-7-5-10(8(2)20-7)13(17)15-9-3-4-11(14)12(6-9)16(18)19/h3-6H,1-2H3,(H,15,17). The zero-order chi connectivity index (χ0) is 14.9. The number of hydrogen-bond acceptors (Lipinski definition) is 4. The first-order valence-electron chi connectivity index (χ1n) is 5.71. The number of hydrogen-bond donors (Lipinski definition) is 1. The molecule has 1 aromatic carbocycles. The van der Waals surface area contributed by atoms with Gasteiger partial charge in [0.15, 0.2) is 0 Å². The first-order chi connectivity index (χ1) is 9.38. The smallest absolute Gasteiger partial charge is 0.289 e. The number of amides is 1. The Kier molecular flexibility index (Phi) is 3.76. The van der Waals surface area contributed by atoms with Crippen LogP contribution in [0, 0.1) is 24.0 Å². The van der Waals surface area contributed by atoms with Gasteiger partial charge < -0.3 is 9.73 Å². The lowest BCUT2D eigenvalue weighted by Gasteiger charge is -2.04. The quantitative estimate of drug-likeness (QED) is 0.690. The minimum Gasteiger partial charge on any atom is -0.466 e. The van der Waals surface area contributed by atoms with Crippen LogP contribution in [0.25, 0.3) is 0 Å². The Morgan fingerprint density at radius 1 is 1.35 bits per heavy atom. The highest BCUT2D eigenvalue weighted by atomic mass is 35.5. The Hall–Kier alpha value is -2.34. The van der Waals surface area contributed by atoms with E-state index in [1.165, 1.54) is 18.2 Å². The summed E-state index contributed by atoms with van der Waals surface area (Å²) < 4.78 is 5.26. The van der Waals surface area contributed by atoms with E-state index < -0.39 is 10.8 Å². The molecular weight excluding hydrogens is 284 g/mol. The van der Waals surface area contributed by atoms with Crippen LogP contribution in [0.2, 0.25) is 5.02 Å². The molecule has 7 heteroatoms. The van der Waals surface area contributed by atoms with Gasteiger partial charge in [0.05, 0.1) is 10.5 Å². The van der Waals surface area contributed by atoms with Gasteiger partial charge in [-0.2, -0.15) is 0 Å². The Morgan fingerprint density at radius 3 is 2.60 bits per heavy atom. The van der Waals surface area contributed by atoms with Crippen molar-refractivity contribution in [3.8, 4) is 0 Å². The van der Waals surface area contributed by atoms with E-state index in [2.05, 4.69) is 5.32 Å². The second kappa shape index (κ2) is 5.34. The molecule has 0 aliphatic rings. The maximum absolute atomic E-state index is 12.0. The molecule has 0 bridgehead atoms. The molecule has 2 aromatic rings. The number of anilines is 1. The van der Waals surface area contributed by atoms with Crippen LogP contribution < -0.4 is 5.32 Å². The predicted octanol–water partition coefficient (Wildman–Crippen LogP) is 3.71. The third-order valence-electron chi connectivity index (χ3n) is 2.69. The van der Waals surface area contributed by atoms with Gasteiger partial charge in [-0.1, -0.05) is 11.6 Å². The van der Waals surface area contributed by atoms with Crippen LogP contribution in [0.1, 0.15) is 21.9 Å². The van der Waals surface area contributed by atoms with E-state index in [0.717, 1.165) is 0 Å². The molecule has 0 saturated heterocycles. The third-order valence-corrected chi connectivity index (χ3v) is 3.01. The molecule has 0 unspecified atom stereocenters. The van der Waals surface area contributed by atoms with Gasteiger partial charge in [-0.25, -0.2) is 0 Å². The van der Waals surface area contributed by atoms with Gasteiger partial charge in [-0.3, -0.25) is 14.9 Å². The van der Waals surface area contributed by atoms with Crippen LogP contribution in [0.5, 0.6) is 0 Å². The molecule has 0 radical (unpaired) electrons. The van der Waals surface area contributed by atoms with Crippen LogP contribution in [0.15, 0.2) is 28.7 Å². The molecule has 0 aliphatic carbocycles. The van der Waals surface area contributed by atoms with Gasteiger partial charge in [0.25, 0.3) is 11.6 Å². The summed E-state index contributed by atoms with van der Waals surface area (Å²) in [5, 5.41) is 13.4. The lowest BCUT2D eigenvalue weighted by atomic mass is 10.2. The summed E-state index contributed by atoms with van der Waals surface area (Å²) in [6.07, 6.45) is 0. The fraction of sp³-hybridized carbons (Fsp3) is 0.154. The number of nitro benzene ring substituents is 1. The van der Waals surface area contributed by atoms with E-state index in [9.17, 15) is 14.9 Å². The number of halogens is 1. The van der Waals surface area contributed by atoms with E-state index in [0.29, 0.717) is 22.8 Å². The SMILES string of the molecule is Cc1cc(C(=O)Nc2ccc(Cl)c([N+](=O)[O-])c2)c(C)o1. The van der Waals surface area contributed by atoms with Crippen LogP contribution in [-0.2, 0) is 0 Å². The summed E-state index contributed by atoms with van der Waals surface area (Å²) in [4.78, 5) is 22.2. The largest absolute Gasteiger partial charge is 0.466 e. The van der Waals surface area contributed by atoms with E-state index in [-0.39, 0.29) is 10.7 Å².